The molecule has 0 saturated heterocycles. The number of carbonyl (C=O) groups is 1. The van der Waals surface area contributed by atoms with Crippen LogP contribution in [0.5, 0.6) is 17.2 Å². The molecule has 0 atom stereocenters. The number of rotatable bonds is 10. The van der Waals surface area contributed by atoms with Gasteiger partial charge in [-0.1, -0.05) is 19.9 Å². The van der Waals surface area contributed by atoms with E-state index in [4.69, 9.17) is 14.2 Å². The van der Waals surface area contributed by atoms with Crippen LogP contribution < -0.4 is 19.5 Å². The van der Waals surface area contributed by atoms with Gasteiger partial charge >= 0.3 is 0 Å². The average molecular weight is 451 g/mol. The van der Waals surface area contributed by atoms with Crippen LogP contribution in [0.2, 0.25) is 0 Å². The Balaban J connectivity index is 2.29. The van der Waals surface area contributed by atoms with Crippen LogP contribution in [0.15, 0.2) is 35.2 Å². The molecule has 0 bridgehead atoms. The van der Waals surface area contributed by atoms with Crippen LogP contribution in [-0.4, -0.2) is 53.0 Å². The Hall–Kier alpha value is -2.78. The standard InChI is InChI=1S/C22H30N2O6S/c1-7-24(8-2)31(26,27)17-10-9-15(3)18(13-17)22(25)23-14-16-11-19(28-4)21(30-6)20(12-16)29-5/h9-13H,7-8,14H2,1-6H3,(H,23,25). The summed E-state index contributed by atoms with van der Waals surface area (Å²) in [5.74, 6) is 1.05. The van der Waals surface area contributed by atoms with Crippen molar-refractivity contribution in [3.8, 4) is 17.2 Å². The Labute approximate surface area is 184 Å². The molecule has 0 spiro atoms. The minimum atomic E-state index is -3.66. The second kappa shape index (κ2) is 10.5. The lowest BCUT2D eigenvalue weighted by Crippen LogP contribution is -2.31. The van der Waals surface area contributed by atoms with Crippen LogP contribution >= 0.6 is 0 Å². The molecule has 2 rings (SSSR count). The summed E-state index contributed by atoms with van der Waals surface area (Å²) in [6.07, 6.45) is 0. The first-order valence-corrected chi connectivity index (χ1v) is 11.3. The fourth-order valence-electron chi connectivity index (χ4n) is 3.23. The van der Waals surface area contributed by atoms with Crippen LogP contribution in [0.1, 0.15) is 35.3 Å². The van der Waals surface area contributed by atoms with Gasteiger partial charge in [0.1, 0.15) is 0 Å². The smallest absolute Gasteiger partial charge is 0.251 e. The van der Waals surface area contributed by atoms with E-state index in [2.05, 4.69) is 5.32 Å². The topological polar surface area (TPSA) is 94.2 Å². The summed E-state index contributed by atoms with van der Waals surface area (Å²) >= 11 is 0. The van der Waals surface area contributed by atoms with Gasteiger partial charge in [-0.15, -0.1) is 0 Å². The molecule has 0 unspecified atom stereocenters. The number of carbonyl (C=O) groups excluding carboxylic acids is 1. The van der Waals surface area contributed by atoms with E-state index in [-0.39, 0.29) is 17.3 Å². The molecule has 0 aliphatic heterocycles. The van der Waals surface area contributed by atoms with E-state index in [1.165, 1.54) is 37.8 Å². The summed E-state index contributed by atoms with van der Waals surface area (Å²) in [6, 6.07) is 8.09. The zero-order valence-electron chi connectivity index (χ0n) is 18.8. The van der Waals surface area contributed by atoms with Crippen molar-refractivity contribution in [2.45, 2.75) is 32.2 Å². The molecule has 0 aliphatic rings. The molecule has 31 heavy (non-hydrogen) atoms. The fraction of sp³-hybridized carbons (Fsp3) is 0.409. The van der Waals surface area contributed by atoms with Crippen molar-refractivity contribution in [1.82, 2.24) is 9.62 Å². The highest BCUT2D eigenvalue weighted by molar-refractivity contribution is 7.89. The first-order valence-electron chi connectivity index (χ1n) is 9.91. The molecule has 0 radical (unpaired) electrons. The maximum atomic E-state index is 12.9. The second-order valence-corrected chi connectivity index (χ2v) is 8.72. The number of methoxy groups -OCH3 is 3. The Morgan fingerprint density at radius 2 is 1.55 bits per heavy atom. The van der Waals surface area contributed by atoms with Crippen molar-refractivity contribution in [3.05, 3.63) is 47.0 Å². The van der Waals surface area contributed by atoms with Gasteiger partial charge in [0.15, 0.2) is 11.5 Å². The van der Waals surface area contributed by atoms with Gasteiger partial charge in [0.25, 0.3) is 5.91 Å². The van der Waals surface area contributed by atoms with Crippen molar-refractivity contribution >= 4 is 15.9 Å². The lowest BCUT2D eigenvalue weighted by molar-refractivity contribution is 0.0950. The summed E-state index contributed by atoms with van der Waals surface area (Å²) in [6.45, 7) is 6.23. The minimum Gasteiger partial charge on any atom is -0.493 e. The Morgan fingerprint density at radius 1 is 0.968 bits per heavy atom. The van der Waals surface area contributed by atoms with E-state index in [0.29, 0.717) is 41.5 Å². The number of amides is 1. The van der Waals surface area contributed by atoms with E-state index < -0.39 is 10.0 Å². The van der Waals surface area contributed by atoms with Crippen LogP contribution in [0.4, 0.5) is 0 Å². The lowest BCUT2D eigenvalue weighted by atomic mass is 10.1. The number of sulfonamides is 1. The zero-order valence-corrected chi connectivity index (χ0v) is 19.6. The maximum Gasteiger partial charge on any atom is 0.251 e. The molecule has 1 N–H and O–H groups in total. The molecule has 0 fully saturated rings. The summed E-state index contributed by atoms with van der Waals surface area (Å²) in [5.41, 5.74) is 1.73. The summed E-state index contributed by atoms with van der Waals surface area (Å²) in [5, 5.41) is 2.83. The summed E-state index contributed by atoms with van der Waals surface area (Å²) in [4.78, 5) is 12.9. The van der Waals surface area contributed by atoms with Crippen molar-refractivity contribution < 1.29 is 27.4 Å². The highest BCUT2D eigenvalue weighted by atomic mass is 32.2. The van der Waals surface area contributed by atoms with Crippen molar-refractivity contribution in [2.24, 2.45) is 0 Å². The SMILES string of the molecule is CCN(CC)S(=O)(=O)c1ccc(C)c(C(=O)NCc2cc(OC)c(OC)c(OC)c2)c1. The predicted octanol–water partition coefficient (Wildman–Crippen LogP) is 2.98. The van der Waals surface area contributed by atoms with Gasteiger partial charge in [-0.05, 0) is 42.3 Å². The molecule has 2 aromatic rings. The van der Waals surface area contributed by atoms with Gasteiger partial charge in [0, 0.05) is 25.2 Å². The van der Waals surface area contributed by atoms with Crippen molar-refractivity contribution in [2.75, 3.05) is 34.4 Å². The van der Waals surface area contributed by atoms with E-state index in [0.717, 1.165) is 5.56 Å². The first-order chi connectivity index (χ1) is 14.7. The molecule has 2 aromatic carbocycles. The van der Waals surface area contributed by atoms with Gasteiger partial charge in [0.2, 0.25) is 15.8 Å². The van der Waals surface area contributed by atoms with E-state index in [1.54, 1.807) is 39.0 Å². The Morgan fingerprint density at radius 3 is 2.03 bits per heavy atom. The number of aryl methyl sites for hydroxylation is 1. The fourth-order valence-corrected chi connectivity index (χ4v) is 4.72. The molecule has 0 aromatic heterocycles. The number of benzene rings is 2. The van der Waals surface area contributed by atoms with Gasteiger partial charge in [-0.3, -0.25) is 4.79 Å². The maximum absolute atomic E-state index is 12.9. The Kier molecular flexibility index (Phi) is 8.29. The van der Waals surface area contributed by atoms with Gasteiger partial charge in [0.05, 0.1) is 26.2 Å². The van der Waals surface area contributed by atoms with Crippen LogP contribution in [0.3, 0.4) is 0 Å². The molecular formula is C22H30N2O6S. The molecular weight excluding hydrogens is 420 g/mol. The first kappa shape index (κ1) is 24.5. The van der Waals surface area contributed by atoms with E-state index >= 15 is 0 Å². The molecule has 0 saturated carbocycles. The highest BCUT2D eigenvalue weighted by Crippen LogP contribution is 2.38. The number of nitrogens with one attached hydrogen (secondary N) is 1. The Bertz CT molecular complexity index is 1010. The third kappa shape index (κ3) is 5.29. The molecule has 0 heterocycles. The van der Waals surface area contributed by atoms with Gasteiger partial charge in [-0.25, -0.2) is 8.42 Å². The number of hydrogen-bond donors (Lipinski definition) is 1. The predicted molar refractivity (Wildman–Crippen MR) is 119 cm³/mol. The molecule has 8 nitrogen and oxygen atoms in total. The normalized spacial score (nSPS) is 11.3. The zero-order chi connectivity index (χ0) is 23.2. The van der Waals surface area contributed by atoms with Crippen molar-refractivity contribution in [1.29, 1.82) is 0 Å². The number of nitrogens with zero attached hydrogens (tertiary/aromatic N) is 1. The van der Waals surface area contributed by atoms with Gasteiger partial charge in [-0.2, -0.15) is 4.31 Å². The summed E-state index contributed by atoms with van der Waals surface area (Å²) < 4.78 is 43.0. The second-order valence-electron chi connectivity index (χ2n) is 6.78. The van der Waals surface area contributed by atoms with Crippen molar-refractivity contribution in [3.63, 3.8) is 0 Å². The van der Waals surface area contributed by atoms with Crippen LogP contribution in [-0.2, 0) is 16.6 Å². The number of hydrogen-bond acceptors (Lipinski definition) is 6. The lowest BCUT2D eigenvalue weighted by Gasteiger charge is -2.19. The quantitative estimate of drug-likeness (QED) is 0.598. The summed E-state index contributed by atoms with van der Waals surface area (Å²) in [7, 11) is 0.895. The average Bonchev–Trinajstić information content (AvgIpc) is 2.77. The highest BCUT2D eigenvalue weighted by Gasteiger charge is 2.23. The molecule has 0 aliphatic carbocycles. The van der Waals surface area contributed by atoms with E-state index in [1.807, 2.05) is 0 Å². The van der Waals surface area contributed by atoms with E-state index in [9.17, 15) is 13.2 Å². The minimum absolute atomic E-state index is 0.0970. The van der Waals surface area contributed by atoms with Gasteiger partial charge < -0.3 is 19.5 Å². The molecule has 1 amide bonds. The van der Waals surface area contributed by atoms with Crippen LogP contribution in [0.25, 0.3) is 0 Å². The van der Waals surface area contributed by atoms with Crippen LogP contribution in [0, 0.1) is 6.92 Å². The monoisotopic (exact) mass is 450 g/mol. The third-order valence-corrected chi connectivity index (χ3v) is 7.02. The largest absolute Gasteiger partial charge is 0.493 e. The molecule has 170 valence electrons. The molecule has 9 heteroatoms. The third-order valence-electron chi connectivity index (χ3n) is 4.97. The number of ether oxygens (including phenoxy) is 3.